The molecule has 3 aromatic heterocycles. The van der Waals surface area contributed by atoms with Gasteiger partial charge in [0.15, 0.2) is 10.8 Å². The second kappa shape index (κ2) is 7.40. The average molecular weight is 394 g/mol. The van der Waals surface area contributed by atoms with Gasteiger partial charge in [0.1, 0.15) is 11.5 Å². The SMILES string of the molecule is CCN(Cc1nc2ccccc2c(=O)[nH]1)C(=O)c1nc(-c2ccco2)sc1C. The van der Waals surface area contributed by atoms with Gasteiger partial charge in [-0.25, -0.2) is 9.97 Å². The standard InChI is InChI=1S/C20H18N4O3S/c1-3-24(11-16-21-14-8-5-4-7-13(14)18(25)22-16)20(26)17-12(2)28-19(23-17)15-9-6-10-27-15/h4-10H,3,11H2,1-2H3,(H,21,22,25). The summed E-state index contributed by atoms with van der Waals surface area (Å²) >= 11 is 1.41. The maximum atomic E-state index is 13.1. The highest BCUT2D eigenvalue weighted by Crippen LogP contribution is 2.28. The van der Waals surface area contributed by atoms with E-state index < -0.39 is 0 Å². The van der Waals surface area contributed by atoms with Crippen LogP contribution in [0.1, 0.15) is 28.1 Å². The third-order valence-corrected chi connectivity index (χ3v) is 5.39. The van der Waals surface area contributed by atoms with E-state index in [1.807, 2.05) is 26.0 Å². The fraction of sp³-hybridized carbons (Fsp3) is 0.200. The first kappa shape index (κ1) is 18.1. The molecule has 4 rings (SSSR count). The van der Waals surface area contributed by atoms with Gasteiger partial charge in [0.25, 0.3) is 11.5 Å². The Labute approximate surface area is 164 Å². The number of aromatic amines is 1. The van der Waals surface area contributed by atoms with E-state index in [0.717, 1.165) is 4.88 Å². The highest BCUT2D eigenvalue weighted by Gasteiger charge is 2.23. The molecule has 3 heterocycles. The van der Waals surface area contributed by atoms with Crippen LogP contribution in [0.25, 0.3) is 21.7 Å². The van der Waals surface area contributed by atoms with E-state index in [4.69, 9.17) is 4.42 Å². The van der Waals surface area contributed by atoms with Crippen LogP contribution in [0, 0.1) is 6.92 Å². The molecular formula is C20H18N4O3S. The van der Waals surface area contributed by atoms with E-state index in [0.29, 0.717) is 39.7 Å². The van der Waals surface area contributed by atoms with Crippen LogP contribution in [-0.2, 0) is 6.54 Å². The van der Waals surface area contributed by atoms with Crippen LogP contribution in [0.15, 0.2) is 51.9 Å². The summed E-state index contributed by atoms with van der Waals surface area (Å²) in [5, 5.41) is 1.19. The Kier molecular flexibility index (Phi) is 4.79. The number of hydrogen-bond acceptors (Lipinski definition) is 6. The minimum Gasteiger partial charge on any atom is -0.462 e. The Hall–Kier alpha value is -3.26. The number of carbonyl (C=O) groups excluding carboxylic acids is 1. The van der Waals surface area contributed by atoms with Crippen LogP contribution in [0.2, 0.25) is 0 Å². The summed E-state index contributed by atoms with van der Waals surface area (Å²) in [5.41, 5.74) is 0.783. The number of fused-ring (bicyclic) bond motifs is 1. The van der Waals surface area contributed by atoms with Gasteiger partial charge in [-0.3, -0.25) is 9.59 Å². The third-order valence-electron chi connectivity index (χ3n) is 4.40. The van der Waals surface area contributed by atoms with Crippen molar-refractivity contribution in [2.45, 2.75) is 20.4 Å². The molecule has 0 radical (unpaired) electrons. The summed E-state index contributed by atoms with van der Waals surface area (Å²) in [5.74, 6) is 0.874. The summed E-state index contributed by atoms with van der Waals surface area (Å²) in [6.45, 7) is 4.40. The predicted molar refractivity (Wildman–Crippen MR) is 107 cm³/mol. The molecule has 1 aromatic carbocycles. The maximum absolute atomic E-state index is 13.1. The van der Waals surface area contributed by atoms with Crippen molar-refractivity contribution in [1.29, 1.82) is 0 Å². The third kappa shape index (κ3) is 3.34. The monoisotopic (exact) mass is 394 g/mol. The van der Waals surface area contributed by atoms with E-state index in [9.17, 15) is 9.59 Å². The summed E-state index contributed by atoms with van der Waals surface area (Å²) in [7, 11) is 0. The van der Waals surface area contributed by atoms with Gasteiger partial charge in [0.2, 0.25) is 0 Å². The number of nitrogens with zero attached hydrogens (tertiary/aromatic N) is 3. The van der Waals surface area contributed by atoms with Crippen LogP contribution in [0.3, 0.4) is 0 Å². The number of aromatic nitrogens is 3. The number of carbonyl (C=O) groups is 1. The Morgan fingerprint density at radius 3 is 2.79 bits per heavy atom. The molecule has 7 nitrogen and oxygen atoms in total. The Morgan fingerprint density at radius 2 is 2.04 bits per heavy atom. The summed E-state index contributed by atoms with van der Waals surface area (Å²) in [4.78, 5) is 39.5. The fourth-order valence-electron chi connectivity index (χ4n) is 2.97. The smallest absolute Gasteiger partial charge is 0.274 e. The number of H-pyrrole nitrogens is 1. The first-order valence-electron chi connectivity index (χ1n) is 8.85. The molecule has 1 amide bonds. The van der Waals surface area contributed by atoms with Crippen molar-refractivity contribution in [2.75, 3.05) is 6.54 Å². The van der Waals surface area contributed by atoms with E-state index in [1.165, 1.54) is 11.3 Å². The normalized spacial score (nSPS) is 11.1. The van der Waals surface area contributed by atoms with Crippen LogP contribution >= 0.6 is 11.3 Å². The van der Waals surface area contributed by atoms with Crippen LogP contribution in [0.4, 0.5) is 0 Å². The van der Waals surface area contributed by atoms with Gasteiger partial charge in [0.05, 0.1) is 23.7 Å². The quantitative estimate of drug-likeness (QED) is 0.558. The van der Waals surface area contributed by atoms with Crippen LogP contribution in [-0.4, -0.2) is 32.3 Å². The average Bonchev–Trinajstić information content (AvgIpc) is 3.35. The molecule has 0 aliphatic heterocycles. The number of para-hydroxylation sites is 1. The minimum atomic E-state index is -0.214. The molecule has 0 saturated heterocycles. The molecule has 4 aromatic rings. The molecule has 0 aliphatic rings. The number of amides is 1. The Bertz CT molecular complexity index is 1190. The first-order valence-corrected chi connectivity index (χ1v) is 9.67. The summed E-state index contributed by atoms with van der Waals surface area (Å²) < 4.78 is 5.38. The minimum absolute atomic E-state index is 0.197. The number of aryl methyl sites for hydroxylation is 1. The van der Waals surface area contributed by atoms with Crippen molar-refractivity contribution in [2.24, 2.45) is 0 Å². The van der Waals surface area contributed by atoms with Crippen molar-refractivity contribution >= 4 is 28.1 Å². The number of rotatable bonds is 5. The van der Waals surface area contributed by atoms with E-state index >= 15 is 0 Å². The topological polar surface area (TPSA) is 92.1 Å². The van der Waals surface area contributed by atoms with Gasteiger partial charge < -0.3 is 14.3 Å². The lowest BCUT2D eigenvalue weighted by Crippen LogP contribution is -2.32. The molecule has 0 unspecified atom stereocenters. The molecular weight excluding hydrogens is 376 g/mol. The highest BCUT2D eigenvalue weighted by molar-refractivity contribution is 7.15. The van der Waals surface area contributed by atoms with Crippen molar-refractivity contribution in [3.63, 3.8) is 0 Å². The molecule has 28 heavy (non-hydrogen) atoms. The van der Waals surface area contributed by atoms with Gasteiger partial charge >= 0.3 is 0 Å². The van der Waals surface area contributed by atoms with Gasteiger partial charge in [-0.1, -0.05) is 12.1 Å². The van der Waals surface area contributed by atoms with Gasteiger partial charge in [0, 0.05) is 11.4 Å². The molecule has 0 atom stereocenters. The fourth-order valence-corrected chi connectivity index (χ4v) is 3.84. The molecule has 8 heteroatoms. The summed E-state index contributed by atoms with van der Waals surface area (Å²) in [6.07, 6.45) is 1.58. The van der Waals surface area contributed by atoms with Gasteiger partial charge in [-0.2, -0.15) is 0 Å². The first-order chi connectivity index (χ1) is 13.6. The zero-order valence-electron chi connectivity index (χ0n) is 15.4. The van der Waals surface area contributed by atoms with Gasteiger partial charge in [-0.05, 0) is 38.1 Å². The zero-order valence-corrected chi connectivity index (χ0v) is 16.2. The van der Waals surface area contributed by atoms with Crippen LogP contribution in [0.5, 0.6) is 0 Å². The lowest BCUT2D eigenvalue weighted by molar-refractivity contribution is 0.0742. The number of thiazole rings is 1. The number of furan rings is 1. The Balaban J connectivity index is 1.63. The van der Waals surface area contributed by atoms with Crippen molar-refractivity contribution in [3.8, 4) is 10.8 Å². The zero-order chi connectivity index (χ0) is 19.7. The number of benzene rings is 1. The van der Waals surface area contributed by atoms with Crippen LogP contribution < -0.4 is 5.56 Å². The molecule has 0 spiro atoms. The maximum Gasteiger partial charge on any atom is 0.274 e. The molecule has 0 saturated carbocycles. The molecule has 0 bridgehead atoms. The van der Waals surface area contributed by atoms with Crippen molar-refractivity contribution in [3.05, 3.63) is 69.4 Å². The predicted octanol–water partition coefficient (Wildman–Crippen LogP) is 3.61. The molecule has 0 aliphatic carbocycles. The number of hydrogen-bond donors (Lipinski definition) is 1. The molecule has 1 N–H and O–H groups in total. The molecule has 0 fully saturated rings. The van der Waals surface area contributed by atoms with Gasteiger partial charge in [-0.15, -0.1) is 11.3 Å². The summed E-state index contributed by atoms with van der Waals surface area (Å²) in [6, 6.07) is 10.7. The van der Waals surface area contributed by atoms with E-state index in [2.05, 4.69) is 15.0 Å². The van der Waals surface area contributed by atoms with E-state index in [1.54, 1.807) is 35.4 Å². The lowest BCUT2D eigenvalue weighted by Gasteiger charge is -2.19. The second-order valence-corrected chi connectivity index (χ2v) is 7.45. The highest BCUT2D eigenvalue weighted by atomic mass is 32.1. The van der Waals surface area contributed by atoms with Crippen molar-refractivity contribution in [1.82, 2.24) is 19.9 Å². The largest absolute Gasteiger partial charge is 0.462 e. The number of nitrogens with one attached hydrogen (secondary N) is 1. The van der Waals surface area contributed by atoms with E-state index in [-0.39, 0.29) is 18.0 Å². The Morgan fingerprint density at radius 1 is 1.21 bits per heavy atom. The molecule has 142 valence electrons. The lowest BCUT2D eigenvalue weighted by atomic mass is 10.2. The van der Waals surface area contributed by atoms with Crippen molar-refractivity contribution < 1.29 is 9.21 Å². The second-order valence-electron chi connectivity index (χ2n) is 6.25.